The Labute approximate surface area is 141 Å². The molecule has 0 saturated carbocycles. The van der Waals surface area contributed by atoms with Crippen molar-refractivity contribution >= 4 is 11.8 Å². The van der Waals surface area contributed by atoms with Crippen molar-refractivity contribution in [3.8, 4) is 0 Å². The third-order valence-electron chi connectivity index (χ3n) is 4.19. The first-order valence-electron chi connectivity index (χ1n) is 8.00. The number of aromatic nitrogens is 1. The van der Waals surface area contributed by atoms with Crippen molar-refractivity contribution in [3.63, 3.8) is 0 Å². The van der Waals surface area contributed by atoms with E-state index >= 15 is 0 Å². The number of para-hydroxylation sites is 1. The smallest absolute Gasteiger partial charge is 0.276 e. The topological polar surface area (TPSA) is 71.3 Å². The molecule has 1 unspecified atom stereocenters. The van der Waals surface area contributed by atoms with Gasteiger partial charge in [0.15, 0.2) is 0 Å². The summed E-state index contributed by atoms with van der Waals surface area (Å²) in [5.41, 5.74) is 1.96. The lowest BCUT2D eigenvalue weighted by Crippen LogP contribution is -2.45. The number of hydrogen-bond acceptors (Lipinski definition) is 5. The van der Waals surface area contributed by atoms with E-state index in [1.807, 2.05) is 30.5 Å². The molecule has 6 nitrogen and oxygen atoms in total. The van der Waals surface area contributed by atoms with Gasteiger partial charge in [0.1, 0.15) is 0 Å². The third kappa shape index (κ3) is 3.84. The summed E-state index contributed by atoms with van der Waals surface area (Å²) < 4.78 is 0. The highest BCUT2D eigenvalue weighted by atomic mass is 16.6. The maximum atomic E-state index is 11.1. The Bertz CT molecular complexity index is 718. The molecule has 0 radical (unpaired) electrons. The second-order valence-electron chi connectivity index (χ2n) is 5.72. The van der Waals surface area contributed by atoms with Gasteiger partial charge in [-0.15, -0.1) is 0 Å². The Kier molecular flexibility index (Phi) is 5.30. The standard InChI is InChI=1S/C18H20N4O2/c23-22(24)17-8-2-1-5-15(17)7-4-11-21-12-10-20-14-18(21)16-6-3-9-19-13-16/h1-9,13,18,20H,10-12,14H2/b7-4+. The highest BCUT2D eigenvalue weighted by molar-refractivity contribution is 5.60. The van der Waals surface area contributed by atoms with E-state index in [1.165, 1.54) is 11.6 Å². The number of rotatable bonds is 5. The minimum Gasteiger partial charge on any atom is -0.314 e. The minimum atomic E-state index is -0.344. The lowest BCUT2D eigenvalue weighted by atomic mass is 10.1. The largest absolute Gasteiger partial charge is 0.314 e. The van der Waals surface area contributed by atoms with E-state index in [2.05, 4.69) is 21.3 Å². The molecule has 0 bridgehead atoms. The van der Waals surface area contributed by atoms with E-state index in [4.69, 9.17) is 0 Å². The molecule has 2 aromatic rings. The van der Waals surface area contributed by atoms with E-state index in [1.54, 1.807) is 18.3 Å². The van der Waals surface area contributed by atoms with Crippen LogP contribution in [0.15, 0.2) is 54.9 Å². The van der Waals surface area contributed by atoms with Gasteiger partial charge >= 0.3 is 0 Å². The van der Waals surface area contributed by atoms with Crippen LogP contribution in [-0.4, -0.2) is 41.0 Å². The second-order valence-corrected chi connectivity index (χ2v) is 5.72. The SMILES string of the molecule is O=[N+]([O-])c1ccccc1/C=C/CN1CCNCC1c1cccnc1. The van der Waals surface area contributed by atoms with Gasteiger partial charge in [-0.3, -0.25) is 20.0 Å². The van der Waals surface area contributed by atoms with Gasteiger partial charge < -0.3 is 5.32 Å². The van der Waals surface area contributed by atoms with E-state index in [9.17, 15) is 10.1 Å². The van der Waals surface area contributed by atoms with Gasteiger partial charge in [-0.05, 0) is 17.7 Å². The maximum absolute atomic E-state index is 11.1. The highest BCUT2D eigenvalue weighted by Gasteiger charge is 2.22. The van der Waals surface area contributed by atoms with Crippen molar-refractivity contribution in [2.75, 3.05) is 26.2 Å². The van der Waals surface area contributed by atoms with Crippen LogP contribution >= 0.6 is 0 Å². The molecule has 0 spiro atoms. The molecule has 1 aromatic heterocycles. The molecule has 1 aliphatic rings. The molecular weight excluding hydrogens is 304 g/mol. The van der Waals surface area contributed by atoms with Crippen LogP contribution in [0.25, 0.3) is 6.08 Å². The molecule has 1 fully saturated rings. The van der Waals surface area contributed by atoms with Gasteiger partial charge in [0.05, 0.1) is 10.5 Å². The normalized spacial score (nSPS) is 18.8. The van der Waals surface area contributed by atoms with Crippen LogP contribution in [0.3, 0.4) is 0 Å². The predicted octanol–water partition coefficient (Wildman–Crippen LogP) is 2.65. The third-order valence-corrected chi connectivity index (χ3v) is 4.19. The van der Waals surface area contributed by atoms with Crippen molar-refractivity contribution in [1.82, 2.24) is 15.2 Å². The highest BCUT2D eigenvalue weighted by Crippen LogP contribution is 2.22. The number of hydrogen-bond donors (Lipinski definition) is 1. The predicted molar refractivity (Wildman–Crippen MR) is 93.6 cm³/mol. The van der Waals surface area contributed by atoms with E-state index in [0.717, 1.165) is 26.2 Å². The molecule has 1 saturated heterocycles. The zero-order valence-electron chi connectivity index (χ0n) is 13.3. The van der Waals surface area contributed by atoms with E-state index < -0.39 is 0 Å². The van der Waals surface area contributed by atoms with Gasteiger partial charge in [0.25, 0.3) is 5.69 Å². The summed E-state index contributed by atoms with van der Waals surface area (Å²) in [5.74, 6) is 0. The van der Waals surface area contributed by atoms with Gasteiger partial charge in [-0.25, -0.2) is 0 Å². The Balaban J connectivity index is 1.72. The van der Waals surface area contributed by atoms with Crippen molar-refractivity contribution in [2.24, 2.45) is 0 Å². The molecule has 3 rings (SSSR count). The van der Waals surface area contributed by atoms with Crippen LogP contribution < -0.4 is 5.32 Å². The van der Waals surface area contributed by atoms with Gasteiger partial charge in [0, 0.05) is 50.7 Å². The van der Waals surface area contributed by atoms with Crippen LogP contribution in [0, 0.1) is 10.1 Å². The average Bonchev–Trinajstić information content (AvgIpc) is 2.63. The van der Waals surface area contributed by atoms with E-state index in [0.29, 0.717) is 5.56 Å². The number of pyridine rings is 1. The fourth-order valence-corrected chi connectivity index (χ4v) is 2.98. The van der Waals surface area contributed by atoms with Crippen LogP contribution in [0.4, 0.5) is 5.69 Å². The summed E-state index contributed by atoms with van der Waals surface area (Å²) in [5, 5.41) is 14.5. The molecule has 124 valence electrons. The fraction of sp³-hybridized carbons (Fsp3) is 0.278. The van der Waals surface area contributed by atoms with Crippen LogP contribution in [-0.2, 0) is 0 Å². The van der Waals surface area contributed by atoms with Crippen molar-refractivity contribution < 1.29 is 4.92 Å². The number of nitro groups is 1. The number of nitrogens with one attached hydrogen (secondary N) is 1. The fourth-order valence-electron chi connectivity index (χ4n) is 2.98. The first-order valence-corrected chi connectivity index (χ1v) is 8.00. The van der Waals surface area contributed by atoms with Crippen molar-refractivity contribution in [1.29, 1.82) is 0 Å². The van der Waals surface area contributed by atoms with E-state index in [-0.39, 0.29) is 16.7 Å². The second kappa shape index (κ2) is 7.81. The molecule has 1 N–H and O–H groups in total. The molecule has 1 atom stereocenters. The number of piperazine rings is 1. The van der Waals surface area contributed by atoms with Crippen LogP contribution in [0.5, 0.6) is 0 Å². The summed E-state index contributed by atoms with van der Waals surface area (Å²) in [7, 11) is 0. The molecule has 24 heavy (non-hydrogen) atoms. The summed E-state index contributed by atoms with van der Waals surface area (Å²) in [6.07, 6.45) is 7.51. The first-order chi connectivity index (χ1) is 11.8. The van der Waals surface area contributed by atoms with Gasteiger partial charge in [-0.1, -0.05) is 30.4 Å². The monoisotopic (exact) mass is 324 g/mol. The molecular formula is C18H20N4O2. The molecule has 2 heterocycles. The molecule has 6 heteroatoms. The maximum Gasteiger partial charge on any atom is 0.276 e. The quantitative estimate of drug-likeness (QED) is 0.676. The summed E-state index contributed by atoms with van der Waals surface area (Å²) in [6.45, 7) is 3.50. The van der Waals surface area contributed by atoms with Crippen molar-refractivity contribution in [3.05, 3.63) is 76.1 Å². The van der Waals surface area contributed by atoms with Crippen LogP contribution in [0.2, 0.25) is 0 Å². The molecule has 1 aromatic carbocycles. The average molecular weight is 324 g/mol. The van der Waals surface area contributed by atoms with Gasteiger partial charge in [-0.2, -0.15) is 0 Å². The lowest BCUT2D eigenvalue weighted by Gasteiger charge is -2.35. The molecule has 1 aliphatic heterocycles. The zero-order chi connectivity index (χ0) is 16.8. The lowest BCUT2D eigenvalue weighted by molar-refractivity contribution is -0.385. The summed E-state index contributed by atoms with van der Waals surface area (Å²) in [6, 6.07) is 11.1. The van der Waals surface area contributed by atoms with Gasteiger partial charge in [0.2, 0.25) is 0 Å². The summed E-state index contributed by atoms with van der Waals surface area (Å²) >= 11 is 0. The Morgan fingerprint density at radius 3 is 3.00 bits per heavy atom. The minimum absolute atomic E-state index is 0.137. The first kappa shape index (κ1) is 16.3. The zero-order valence-corrected chi connectivity index (χ0v) is 13.3. The molecule has 0 aliphatic carbocycles. The van der Waals surface area contributed by atoms with Crippen molar-refractivity contribution in [2.45, 2.75) is 6.04 Å². The number of nitro benzene ring substituents is 1. The van der Waals surface area contributed by atoms with Crippen LogP contribution in [0.1, 0.15) is 17.2 Å². The Morgan fingerprint density at radius 1 is 1.33 bits per heavy atom. The number of nitrogens with zero attached hydrogens (tertiary/aromatic N) is 3. The summed E-state index contributed by atoms with van der Waals surface area (Å²) in [4.78, 5) is 17.3. The Hall–Kier alpha value is -2.57. The Morgan fingerprint density at radius 2 is 2.21 bits per heavy atom. The molecule has 0 amide bonds. The number of benzene rings is 1.